The number of rotatable bonds is 4. The van der Waals surface area contributed by atoms with Crippen molar-refractivity contribution in [1.82, 2.24) is 4.90 Å². The van der Waals surface area contributed by atoms with Crippen LogP contribution >= 0.6 is 0 Å². The molecule has 0 fully saturated rings. The van der Waals surface area contributed by atoms with Crippen LogP contribution in [0.3, 0.4) is 0 Å². The summed E-state index contributed by atoms with van der Waals surface area (Å²) in [5, 5.41) is 3.02. The smallest absolute Gasteiger partial charge is 0.255 e. The fraction of sp³-hybridized carbons (Fsp3) is 0.240. The molecule has 1 aliphatic heterocycles. The Bertz CT molecular complexity index is 992. The van der Waals surface area contributed by atoms with E-state index in [1.807, 2.05) is 31.2 Å². The van der Waals surface area contributed by atoms with Crippen LogP contribution in [0.25, 0.3) is 0 Å². The van der Waals surface area contributed by atoms with Crippen LogP contribution in [0.2, 0.25) is 0 Å². The molecule has 1 aliphatic rings. The molecule has 3 heteroatoms. The molecule has 0 atom stereocenters. The molecule has 0 unspecified atom stereocenters. The molecule has 28 heavy (non-hydrogen) atoms. The van der Waals surface area contributed by atoms with E-state index in [4.69, 9.17) is 0 Å². The summed E-state index contributed by atoms with van der Waals surface area (Å²) in [5.74, 6) is -0.0644. The molecule has 0 spiro atoms. The number of nitrogens with zero attached hydrogens (tertiary/aromatic N) is 1. The fourth-order valence-electron chi connectivity index (χ4n) is 3.86. The summed E-state index contributed by atoms with van der Waals surface area (Å²) in [6.45, 7) is 7.05. The van der Waals surface area contributed by atoms with Crippen molar-refractivity contribution in [1.29, 1.82) is 0 Å². The number of aryl methyl sites for hydroxylation is 2. The summed E-state index contributed by atoms with van der Waals surface area (Å²) in [7, 11) is 0. The molecule has 0 radical (unpaired) electrons. The number of amides is 1. The minimum atomic E-state index is -0.0644. The molecule has 3 aromatic carbocycles. The molecular formula is C25H26N2O. The van der Waals surface area contributed by atoms with Gasteiger partial charge >= 0.3 is 0 Å². The van der Waals surface area contributed by atoms with Gasteiger partial charge in [-0.25, -0.2) is 0 Å². The number of fused-ring (bicyclic) bond motifs is 1. The Hall–Kier alpha value is -2.91. The second kappa shape index (κ2) is 7.99. The van der Waals surface area contributed by atoms with Crippen molar-refractivity contribution in [3.8, 4) is 0 Å². The Morgan fingerprint density at radius 3 is 2.46 bits per heavy atom. The molecule has 3 aromatic rings. The van der Waals surface area contributed by atoms with Gasteiger partial charge in [-0.15, -0.1) is 0 Å². The normalized spacial score (nSPS) is 13.8. The zero-order chi connectivity index (χ0) is 19.5. The van der Waals surface area contributed by atoms with Crippen LogP contribution in [0.5, 0.6) is 0 Å². The zero-order valence-electron chi connectivity index (χ0n) is 16.5. The highest BCUT2D eigenvalue weighted by Crippen LogP contribution is 2.21. The van der Waals surface area contributed by atoms with E-state index in [-0.39, 0.29) is 5.91 Å². The van der Waals surface area contributed by atoms with Crippen molar-refractivity contribution >= 4 is 11.6 Å². The first-order chi connectivity index (χ1) is 13.6. The van der Waals surface area contributed by atoms with Crippen LogP contribution in [0.4, 0.5) is 5.69 Å². The summed E-state index contributed by atoms with van der Waals surface area (Å²) in [6, 6.07) is 22.7. The van der Waals surface area contributed by atoms with Gasteiger partial charge in [0.25, 0.3) is 5.91 Å². The summed E-state index contributed by atoms with van der Waals surface area (Å²) in [6.07, 6.45) is 1.10. The number of nitrogens with one attached hydrogen (secondary N) is 1. The first-order valence-electron chi connectivity index (χ1n) is 9.85. The van der Waals surface area contributed by atoms with Crippen LogP contribution in [-0.4, -0.2) is 17.4 Å². The number of hydrogen-bond donors (Lipinski definition) is 1. The van der Waals surface area contributed by atoms with Crippen LogP contribution in [0.15, 0.2) is 66.7 Å². The van der Waals surface area contributed by atoms with Gasteiger partial charge in [-0.05, 0) is 60.7 Å². The van der Waals surface area contributed by atoms with E-state index in [0.29, 0.717) is 5.56 Å². The van der Waals surface area contributed by atoms with E-state index in [0.717, 1.165) is 37.3 Å². The first-order valence-corrected chi connectivity index (χ1v) is 9.85. The predicted molar refractivity (Wildman–Crippen MR) is 115 cm³/mol. The molecular weight excluding hydrogens is 344 g/mol. The van der Waals surface area contributed by atoms with Gasteiger partial charge in [0.05, 0.1) is 0 Å². The van der Waals surface area contributed by atoms with Crippen LogP contribution < -0.4 is 5.32 Å². The Balaban J connectivity index is 1.39. The number of hydrogen-bond acceptors (Lipinski definition) is 2. The third-order valence-corrected chi connectivity index (χ3v) is 5.46. The number of anilines is 1. The third-order valence-electron chi connectivity index (χ3n) is 5.46. The molecule has 1 heterocycles. The fourth-order valence-corrected chi connectivity index (χ4v) is 3.86. The first kappa shape index (κ1) is 18.5. The maximum Gasteiger partial charge on any atom is 0.255 e. The molecule has 1 amide bonds. The maximum absolute atomic E-state index is 12.6. The van der Waals surface area contributed by atoms with Crippen molar-refractivity contribution in [3.63, 3.8) is 0 Å². The average Bonchev–Trinajstić information content (AvgIpc) is 2.70. The highest BCUT2D eigenvalue weighted by Gasteiger charge is 2.16. The SMILES string of the molecule is Cc1ccc(NC(=O)c2ccc(CN3CCc4ccccc4C3)cc2)c(C)c1. The molecule has 3 nitrogen and oxygen atoms in total. The highest BCUT2D eigenvalue weighted by molar-refractivity contribution is 6.04. The standard InChI is InChI=1S/C25H26N2O/c1-18-7-12-24(19(2)15-18)26-25(28)22-10-8-20(9-11-22)16-27-14-13-21-5-3-4-6-23(21)17-27/h3-12,15H,13-14,16-17H2,1-2H3,(H,26,28). The monoisotopic (exact) mass is 370 g/mol. The third kappa shape index (κ3) is 4.15. The largest absolute Gasteiger partial charge is 0.322 e. The molecule has 0 aliphatic carbocycles. The van der Waals surface area contributed by atoms with Gasteiger partial charge in [-0.2, -0.15) is 0 Å². The second-order valence-electron chi connectivity index (χ2n) is 7.70. The summed E-state index contributed by atoms with van der Waals surface area (Å²) < 4.78 is 0. The molecule has 0 aromatic heterocycles. The highest BCUT2D eigenvalue weighted by atomic mass is 16.1. The Morgan fingerprint density at radius 2 is 1.71 bits per heavy atom. The van der Waals surface area contributed by atoms with E-state index >= 15 is 0 Å². The molecule has 0 saturated carbocycles. The van der Waals surface area contributed by atoms with Crippen molar-refractivity contribution in [3.05, 3.63) is 100 Å². The summed E-state index contributed by atoms with van der Waals surface area (Å²) >= 11 is 0. The number of carbonyl (C=O) groups is 1. The second-order valence-corrected chi connectivity index (χ2v) is 7.70. The molecule has 142 valence electrons. The van der Waals surface area contributed by atoms with Gasteiger partial charge in [-0.3, -0.25) is 9.69 Å². The van der Waals surface area contributed by atoms with Gasteiger partial charge in [0.1, 0.15) is 0 Å². The molecule has 0 bridgehead atoms. The van der Waals surface area contributed by atoms with Crippen LogP contribution in [0, 0.1) is 13.8 Å². The predicted octanol–water partition coefficient (Wildman–Crippen LogP) is 5.11. The molecule has 0 saturated heterocycles. The van der Waals surface area contributed by atoms with Gasteiger partial charge in [0.2, 0.25) is 0 Å². The molecule has 4 rings (SSSR count). The summed E-state index contributed by atoms with van der Waals surface area (Å²) in [4.78, 5) is 15.0. The summed E-state index contributed by atoms with van der Waals surface area (Å²) in [5.41, 5.74) is 7.97. The van der Waals surface area contributed by atoms with Gasteiger partial charge < -0.3 is 5.32 Å². The van der Waals surface area contributed by atoms with Gasteiger partial charge in [0, 0.05) is 30.9 Å². The lowest BCUT2D eigenvalue weighted by atomic mass is 9.99. The minimum Gasteiger partial charge on any atom is -0.322 e. The Morgan fingerprint density at radius 1 is 0.964 bits per heavy atom. The zero-order valence-corrected chi connectivity index (χ0v) is 16.5. The quantitative estimate of drug-likeness (QED) is 0.692. The van der Waals surface area contributed by atoms with Crippen LogP contribution in [-0.2, 0) is 19.5 Å². The lowest BCUT2D eigenvalue weighted by Gasteiger charge is -2.28. The Kier molecular flexibility index (Phi) is 5.27. The average molecular weight is 370 g/mol. The van der Waals surface area contributed by atoms with Crippen molar-refractivity contribution in [2.45, 2.75) is 33.4 Å². The van der Waals surface area contributed by atoms with Crippen molar-refractivity contribution < 1.29 is 4.79 Å². The maximum atomic E-state index is 12.6. The lowest BCUT2D eigenvalue weighted by Crippen LogP contribution is -2.29. The minimum absolute atomic E-state index is 0.0644. The van der Waals surface area contributed by atoms with E-state index in [1.54, 1.807) is 0 Å². The number of benzene rings is 3. The topological polar surface area (TPSA) is 32.3 Å². The number of carbonyl (C=O) groups excluding carboxylic acids is 1. The van der Waals surface area contributed by atoms with Gasteiger partial charge in [0.15, 0.2) is 0 Å². The Labute approximate surface area is 167 Å². The lowest BCUT2D eigenvalue weighted by molar-refractivity contribution is 0.102. The van der Waals surface area contributed by atoms with Crippen LogP contribution in [0.1, 0.15) is 38.2 Å². The van der Waals surface area contributed by atoms with Crippen molar-refractivity contribution in [2.24, 2.45) is 0 Å². The van der Waals surface area contributed by atoms with E-state index < -0.39 is 0 Å². The van der Waals surface area contributed by atoms with E-state index in [9.17, 15) is 4.79 Å². The van der Waals surface area contributed by atoms with Crippen molar-refractivity contribution in [2.75, 3.05) is 11.9 Å². The molecule has 1 N–H and O–H groups in total. The van der Waals surface area contributed by atoms with Gasteiger partial charge in [-0.1, -0.05) is 54.1 Å². The van der Waals surface area contributed by atoms with E-state index in [2.05, 4.69) is 59.6 Å². The van der Waals surface area contributed by atoms with E-state index in [1.165, 1.54) is 22.3 Å².